The molecule has 1 aromatic heterocycles. The van der Waals surface area contributed by atoms with Crippen LogP contribution in [0.1, 0.15) is 38.0 Å². The minimum atomic E-state index is -0.655. The number of aryl methyl sites for hydroxylation is 1. The van der Waals surface area contributed by atoms with E-state index in [0.29, 0.717) is 5.69 Å². The quantitative estimate of drug-likeness (QED) is 0.786. The largest absolute Gasteiger partial charge is 0.384 e. The maximum atomic E-state index is 10.2. The molecule has 2 atom stereocenters. The number of hydrogen-bond donors (Lipinski definition) is 1. The molecule has 2 unspecified atom stereocenters. The van der Waals surface area contributed by atoms with Crippen molar-refractivity contribution < 1.29 is 9.84 Å². The minimum Gasteiger partial charge on any atom is -0.384 e. The van der Waals surface area contributed by atoms with Gasteiger partial charge in [0.05, 0.1) is 17.5 Å². The lowest BCUT2D eigenvalue weighted by Crippen LogP contribution is -2.40. The van der Waals surface area contributed by atoms with E-state index in [1.165, 1.54) is 0 Å². The van der Waals surface area contributed by atoms with Crippen LogP contribution < -0.4 is 0 Å². The number of aliphatic hydroxyl groups is 1. The molecule has 1 aromatic rings. The van der Waals surface area contributed by atoms with Gasteiger partial charge < -0.3 is 9.84 Å². The summed E-state index contributed by atoms with van der Waals surface area (Å²) in [7, 11) is 1.78. The molecule has 1 saturated heterocycles. The average Bonchev–Trinajstić information content (AvgIpc) is 2.64. The number of rotatable bonds is 2. The molecule has 0 bridgehead atoms. The Kier molecular flexibility index (Phi) is 2.75. The first-order chi connectivity index (χ1) is 7.13. The number of aromatic nitrogens is 3. The van der Waals surface area contributed by atoms with Gasteiger partial charge in [0.15, 0.2) is 0 Å². The van der Waals surface area contributed by atoms with Gasteiger partial charge in [-0.25, -0.2) is 4.68 Å². The second-order valence-corrected chi connectivity index (χ2v) is 4.30. The molecule has 0 amide bonds. The zero-order valence-corrected chi connectivity index (χ0v) is 9.18. The van der Waals surface area contributed by atoms with Crippen molar-refractivity contribution in [2.45, 2.75) is 37.9 Å². The summed E-state index contributed by atoms with van der Waals surface area (Å²) >= 11 is 0. The molecule has 0 aromatic carbocycles. The summed E-state index contributed by atoms with van der Waals surface area (Å²) in [6.07, 6.45) is 3.98. The summed E-state index contributed by atoms with van der Waals surface area (Å²) in [6.45, 7) is 2.67. The summed E-state index contributed by atoms with van der Waals surface area (Å²) in [6, 6.07) is 0. The van der Waals surface area contributed by atoms with Crippen LogP contribution in [0.15, 0.2) is 6.20 Å². The molecule has 2 heterocycles. The Hall–Kier alpha value is -0.940. The van der Waals surface area contributed by atoms with Crippen LogP contribution >= 0.6 is 0 Å². The fourth-order valence-electron chi connectivity index (χ4n) is 2.03. The Balaban J connectivity index is 2.19. The second-order valence-electron chi connectivity index (χ2n) is 4.30. The van der Waals surface area contributed by atoms with Crippen molar-refractivity contribution in [3.05, 3.63) is 11.9 Å². The summed E-state index contributed by atoms with van der Waals surface area (Å²) in [5.74, 6) is 0. The highest BCUT2D eigenvalue weighted by Gasteiger charge is 2.38. The van der Waals surface area contributed by atoms with Crippen LogP contribution in [-0.2, 0) is 11.8 Å². The van der Waals surface area contributed by atoms with Gasteiger partial charge in [-0.3, -0.25) is 0 Å². The monoisotopic (exact) mass is 211 g/mol. The van der Waals surface area contributed by atoms with E-state index in [4.69, 9.17) is 4.74 Å². The van der Waals surface area contributed by atoms with Crippen molar-refractivity contribution in [2.24, 2.45) is 7.05 Å². The lowest BCUT2D eigenvalue weighted by atomic mass is 9.88. The van der Waals surface area contributed by atoms with Crippen LogP contribution in [-0.4, -0.2) is 32.3 Å². The topological polar surface area (TPSA) is 60.2 Å². The van der Waals surface area contributed by atoms with Crippen molar-refractivity contribution >= 4 is 0 Å². The summed E-state index contributed by atoms with van der Waals surface area (Å²) in [5, 5.41) is 17.8. The van der Waals surface area contributed by atoms with Gasteiger partial charge >= 0.3 is 0 Å². The summed E-state index contributed by atoms with van der Waals surface area (Å²) in [5.41, 5.74) is 0.215. The van der Waals surface area contributed by atoms with Crippen molar-refractivity contribution in [3.63, 3.8) is 0 Å². The van der Waals surface area contributed by atoms with E-state index in [0.717, 1.165) is 25.9 Å². The Labute approximate surface area is 89.0 Å². The van der Waals surface area contributed by atoms with E-state index >= 15 is 0 Å². The van der Waals surface area contributed by atoms with E-state index in [2.05, 4.69) is 10.3 Å². The fraction of sp³-hybridized carbons (Fsp3) is 0.800. The predicted molar refractivity (Wildman–Crippen MR) is 54.2 cm³/mol. The van der Waals surface area contributed by atoms with E-state index in [1.54, 1.807) is 17.9 Å². The lowest BCUT2D eigenvalue weighted by molar-refractivity contribution is -0.140. The van der Waals surface area contributed by atoms with Crippen molar-refractivity contribution in [1.82, 2.24) is 15.0 Å². The average molecular weight is 211 g/mol. The Bertz CT molecular complexity index is 331. The zero-order chi connectivity index (χ0) is 10.9. The first-order valence-corrected chi connectivity index (χ1v) is 5.30. The third kappa shape index (κ3) is 1.89. The normalized spacial score (nSPS) is 29.0. The van der Waals surface area contributed by atoms with E-state index < -0.39 is 11.7 Å². The van der Waals surface area contributed by atoms with Crippen molar-refractivity contribution in [1.29, 1.82) is 0 Å². The highest BCUT2D eigenvalue weighted by atomic mass is 16.5. The number of aliphatic hydroxyl groups excluding tert-OH is 1. The summed E-state index contributed by atoms with van der Waals surface area (Å²) in [4.78, 5) is 0. The van der Waals surface area contributed by atoms with Crippen molar-refractivity contribution in [3.8, 4) is 0 Å². The molecule has 15 heavy (non-hydrogen) atoms. The third-order valence-electron chi connectivity index (χ3n) is 3.11. The van der Waals surface area contributed by atoms with Gasteiger partial charge in [-0.2, -0.15) is 0 Å². The molecular weight excluding hydrogens is 194 g/mol. The maximum absolute atomic E-state index is 10.2. The summed E-state index contributed by atoms with van der Waals surface area (Å²) < 4.78 is 7.28. The SMILES string of the molecule is Cn1nncc1C(O)C1(C)CCCCO1. The predicted octanol–water partition coefficient (Wildman–Crippen LogP) is 0.808. The van der Waals surface area contributed by atoms with E-state index in [9.17, 15) is 5.11 Å². The molecule has 5 heteroatoms. The van der Waals surface area contributed by atoms with Gasteiger partial charge in [-0.05, 0) is 26.2 Å². The molecule has 1 aliphatic heterocycles. The first kappa shape index (κ1) is 10.6. The Morgan fingerprint density at radius 2 is 2.40 bits per heavy atom. The number of nitrogens with zero attached hydrogens (tertiary/aromatic N) is 3. The smallest absolute Gasteiger partial charge is 0.126 e. The Morgan fingerprint density at radius 1 is 1.60 bits per heavy atom. The van der Waals surface area contributed by atoms with Crippen LogP contribution in [0.3, 0.4) is 0 Å². The van der Waals surface area contributed by atoms with Gasteiger partial charge in [0.1, 0.15) is 6.10 Å². The molecule has 0 saturated carbocycles. The second kappa shape index (κ2) is 3.90. The molecule has 5 nitrogen and oxygen atoms in total. The molecule has 0 spiro atoms. The Morgan fingerprint density at radius 3 is 2.93 bits per heavy atom. The molecule has 2 rings (SSSR count). The van der Waals surface area contributed by atoms with Gasteiger partial charge in [0.25, 0.3) is 0 Å². The van der Waals surface area contributed by atoms with E-state index in [1.807, 2.05) is 6.92 Å². The third-order valence-corrected chi connectivity index (χ3v) is 3.11. The van der Waals surface area contributed by atoms with Crippen LogP contribution in [0.5, 0.6) is 0 Å². The van der Waals surface area contributed by atoms with Crippen LogP contribution in [0, 0.1) is 0 Å². The standard InChI is InChI=1S/C10H17N3O2/c1-10(5-3-4-6-15-10)9(14)8-7-11-12-13(8)2/h7,9,14H,3-6H2,1-2H3. The first-order valence-electron chi connectivity index (χ1n) is 5.30. The molecule has 84 valence electrons. The highest BCUT2D eigenvalue weighted by molar-refractivity contribution is 5.06. The minimum absolute atomic E-state index is 0.492. The number of ether oxygens (including phenoxy) is 1. The van der Waals surface area contributed by atoms with Crippen molar-refractivity contribution in [2.75, 3.05) is 6.61 Å². The molecule has 1 N–H and O–H groups in total. The lowest BCUT2D eigenvalue weighted by Gasteiger charge is -2.37. The van der Waals surface area contributed by atoms with Crippen LogP contribution in [0.25, 0.3) is 0 Å². The van der Waals surface area contributed by atoms with Gasteiger partial charge in [0, 0.05) is 13.7 Å². The van der Waals surface area contributed by atoms with Crippen LogP contribution in [0.2, 0.25) is 0 Å². The molecule has 1 fully saturated rings. The zero-order valence-electron chi connectivity index (χ0n) is 9.18. The van der Waals surface area contributed by atoms with E-state index in [-0.39, 0.29) is 0 Å². The van der Waals surface area contributed by atoms with Crippen LogP contribution in [0.4, 0.5) is 0 Å². The molecule has 1 aliphatic rings. The van der Waals surface area contributed by atoms with Gasteiger partial charge in [-0.15, -0.1) is 5.10 Å². The molecule has 0 aliphatic carbocycles. The van der Waals surface area contributed by atoms with Gasteiger partial charge in [0.2, 0.25) is 0 Å². The van der Waals surface area contributed by atoms with Gasteiger partial charge in [-0.1, -0.05) is 5.21 Å². The fourth-order valence-corrected chi connectivity index (χ4v) is 2.03. The number of hydrogen-bond acceptors (Lipinski definition) is 4. The molecular formula is C10H17N3O2. The highest BCUT2D eigenvalue weighted by Crippen LogP contribution is 2.35. The molecule has 0 radical (unpaired) electrons. The maximum Gasteiger partial charge on any atom is 0.126 e.